The number of hydrogen-bond donors (Lipinski definition) is 1. The van der Waals surface area contributed by atoms with Crippen molar-refractivity contribution in [1.29, 1.82) is 0 Å². The van der Waals surface area contributed by atoms with Crippen LogP contribution in [-0.4, -0.2) is 49.8 Å². The van der Waals surface area contributed by atoms with Gasteiger partial charge in [0.1, 0.15) is 5.75 Å². The summed E-state index contributed by atoms with van der Waals surface area (Å²) in [5.41, 5.74) is 7.88. The fourth-order valence-electron chi connectivity index (χ4n) is 4.38. The number of benzene rings is 1. The fourth-order valence-corrected chi connectivity index (χ4v) is 4.38. The van der Waals surface area contributed by atoms with Crippen LogP contribution >= 0.6 is 0 Å². The third-order valence-electron chi connectivity index (χ3n) is 6.05. The van der Waals surface area contributed by atoms with Gasteiger partial charge < -0.3 is 20.3 Å². The molecule has 1 aliphatic rings. The molecule has 0 radical (unpaired) electrons. The molecule has 1 aromatic rings. The number of likely N-dealkylation sites (tertiary alicyclic amines) is 1. The Morgan fingerprint density at radius 3 is 2.16 bits per heavy atom. The number of anilines is 1. The zero-order valence-electron chi connectivity index (χ0n) is 21.4. The molecule has 1 atom stereocenters. The average Bonchev–Trinajstić information content (AvgIpc) is 2.67. The summed E-state index contributed by atoms with van der Waals surface area (Å²) >= 11 is 0. The van der Waals surface area contributed by atoms with Crippen LogP contribution in [0.25, 0.3) is 0 Å². The molecule has 178 valence electrons. The molecule has 0 aliphatic carbocycles. The van der Waals surface area contributed by atoms with Crippen molar-refractivity contribution < 1.29 is 4.74 Å². The molecule has 0 aromatic heterocycles. The van der Waals surface area contributed by atoms with Crippen molar-refractivity contribution in [1.82, 2.24) is 4.90 Å². The zero-order chi connectivity index (χ0) is 23.0. The van der Waals surface area contributed by atoms with E-state index in [0.717, 1.165) is 45.0 Å². The number of piperidine rings is 1. The maximum Gasteiger partial charge on any atom is 0.119 e. The van der Waals surface area contributed by atoms with Crippen molar-refractivity contribution in [3.8, 4) is 5.75 Å². The predicted octanol–water partition coefficient (Wildman–Crippen LogP) is 5.80. The Kier molecular flexibility index (Phi) is 10.2. The van der Waals surface area contributed by atoms with Gasteiger partial charge in [-0.2, -0.15) is 0 Å². The number of ether oxygens (including phenoxy) is 1. The second-order valence-corrected chi connectivity index (χ2v) is 11.6. The summed E-state index contributed by atoms with van der Waals surface area (Å²) in [6.45, 7) is 21.0. The van der Waals surface area contributed by atoms with E-state index in [1.807, 2.05) is 0 Å². The van der Waals surface area contributed by atoms with Gasteiger partial charge in [0.25, 0.3) is 0 Å². The molecule has 0 bridgehead atoms. The van der Waals surface area contributed by atoms with Gasteiger partial charge in [-0.05, 0) is 67.2 Å². The molecule has 0 unspecified atom stereocenters. The van der Waals surface area contributed by atoms with Crippen LogP contribution < -0.4 is 15.4 Å². The quantitative estimate of drug-likeness (QED) is 0.481. The summed E-state index contributed by atoms with van der Waals surface area (Å²) in [4.78, 5) is 5.23. The van der Waals surface area contributed by atoms with Crippen molar-refractivity contribution in [3.05, 3.63) is 24.3 Å². The Hall–Kier alpha value is -1.26. The molecule has 31 heavy (non-hydrogen) atoms. The summed E-state index contributed by atoms with van der Waals surface area (Å²) in [5, 5.41) is 0. The smallest absolute Gasteiger partial charge is 0.119 e. The van der Waals surface area contributed by atoms with Crippen molar-refractivity contribution in [2.45, 2.75) is 86.2 Å². The van der Waals surface area contributed by atoms with E-state index >= 15 is 0 Å². The third kappa shape index (κ3) is 9.82. The standard InChI is InChI=1S/C27H49N3O/c1-21(2)12-17-30(24-8-10-26(11-9-24)31-20-27(5,6)7)25-13-15-29(16-14-25)19-23(28)18-22(3)4/h8-11,21-23,25H,12-20,28H2,1-7H3/t23-/m0/s1. The molecule has 2 N–H and O–H groups in total. The van der Waals surface area contributed by atoms with Crippen LogP contribution in [0.3, 0.4) is 0 Å². The van der Waals surface area contributed by atoms with E-state index in [2.05, 4.69) is 82.5 Å². The highest BCUT2D eigenvalue weighted by Crippen LogP contribution is 2.27. The second kappa shape index (κ2) is 12.1. The lowest BCUT2D eigenvalue weighted by Gasteiger charge is -2.41. The van der Waals surface area contributed by atoms with Crippen molar-refractivity contribution in [2.75, 3.05) is 37.7 Å². The molecule has 2 rings (SSSR count). The maximum absolute atomic E-state index is 6.37. The highest BCUT2D eigenvalue weighted by molar-refractivity contribution is 5.50. The van der Waals surface area contributed by atoms with Crippen LogP contribution in [0.5, 0.6) is 5.75 Å². The lowest BCUT2D eigenvalue weighted by atomic mass is 9.98. The summed E-state index contributed by atoms with van der Waals surface area (Å²) in [5.74, 6) is 2.36. The molecule has 4 nitrogen and oxygen atoms in total. The van der Waals surface area contributed by atoms with Crippen LogP contribution in [-0.2, 0) is 0 Å². The third-order valence-corrected chi connectivity index (χ3v) is 6.05. The molecular weight excluding hydrogens is 382 g/mol. The summed E-state index contributed by atoms with van der Waals surface area (Å²) in [6.07, 6.45) is 4.77. The average molecular weight is 432 g/mol. The number of nitrogens with two attached hydrogens (primary N) is 1. The van der Waals surface area contributed by atoms with Crippen LogP contribution in [0.15, 0.2) is 24.3 Å². The molecule has 1 saturated heterocycles. The summed E-state index contributed by atoms with van der Waals surface area (Å²) < 4.78 is 5.99. The van der Waals surface area contributed by atoms with E-state index in [-0.39, 0.29) is 5.41 Å². The molecule has 0 spiro atoms. The van der Waals surface area contributed by atoms with E-state index in [9.17, 15) is 0 Å². The monoisotopic (exact) mass is 431 g/mol. The van der Waals surface area contributed by atoms with Gasteiger partial charge in [-0.15, -0.1) is 0 Å². The van der Waals surface area contributed by atoms with E-state index in [1.165, 1.54) is 24.9 Å². The van der Waals surface area contributed by atoms with Crippen LogP contribution in [0, 0.1) is 17.3 Å². The first kappa shape index (κ1) is 26.0. The van der Waals surface area contributed by atoms with Gasteiger partial charge in [0.15, 0.2) is 0 Å². The highest BCUT2D eigenvalue weighted by Gasteiger charge is 2.26. The number of nitrogens with zero attached hydrogens (tertiary/aromatic N) is 2. The lowest BCUT2D eigenvalue weighted by molar-refractivity contribution is 0.191. The largest absolute Gasteiger partial charge is 0.493 e. The van der Waals surface area contributed by atoms with E-state index in [4.69, 9.17) is 10.5 Å². The molecular formula is C27H49N3O. The van der Waals surface area contributed by atoms with E-state index < -0.39 is 0 Å². The minimum atomic E-state index is 0.174. The van der Waals surface area contributed by atoms with Crippen LogP contribution in [0.4, 0.5) is 5.69 Å². The Morgan fingerprint density at radius 2 is 1.65 bits per heavy atom. The first-order valence-electron chi connectivity index (χ1n) is 12.5. The Balaban J connectivity index is 1.97. The molecule has 0 saturated carbocycles. The van der Waals surface area contributed by atoms with Gasteiger partial charge in [0.2, 0.25) is 0 Å². The van der Waals surface area contributed by atoms with E-state index in [1.54, 1.807) is 0 Å². The molecule has 4 heteroatoms. The van der Waals surface area contributed by atoms with Crippen LogP contribution in [0.2, 0.25) is 0 Å². The minimum absolute atomic E-state index is 0.174. The second-order valence-electron chi connectivity index (χ2n) is 11.6. The molecule has 1 aliphatic heterocycles. The summed E-state index contributed by atoms with van der Waals surface area (Å²) in [7, 11) is 0. The fraction of sp³-hybridized carbons (Fsp3) is 0.778. The first-order chi connectivity index (χ1) is 14.5. The van der Waals surface area contributed by atoms with Crippen LogP contribution in [0.1, 0.15) is 74.1 Å². The molecule has 1 aromatic carbocycles. The predicted molar refractivity (Wildman–Crippen MR) is 135 cm³/mol. The minimum Gasteiger partial charge on any atom is -0.493 e. The van der Waals surface area contributed by atoms with Gasteiger partial charge in [0.05, 0.1) is 6.61 Å². The molecule has 0 amide bonds. The highest BCUT2D eigenvalue weighted by atomic mass is 16.5. The Labute approximate surface area is 192 Å². The Morgan fingerprint density at radius 1 is 1.03 bits per heavy atom. The zero-order valence-corrected chi connectivity index (χ0v) is 21.4. The molecule has 1 fully saturated rings. The normalized spacial score (nSPS) is 17.4. The summed E-state index contributed by atoms with van der Waals surface area (Å²) in [6, 6.07) is 9.70. The van der Waals surface area contributed by atoms with Gasteiger partial charge in [0, 0.05) is 44.0 Å². The van der Waals surface area contributed by atoms with Crippen molar-refractivity contribution in [3.63, 3.8) is 0 Å². The lowest BCUT2D eigenvalue weighted by Crippen LogP contribution is -2.48. The number of rotatable bonds is 11. The van der Waals surface area contributed by atoms with Gasteiger partial charge >= 0.3 is 0 Å². The van der Waals surface area contributed by atoms with E-state index in [0.29, 0.717) is 23.9 Å². The molecule has 1 heterocycles. The first-order valence-corrected chi connectivity index (χ1v) is 12.5. The SMILES string of the molecule is CC(C)CCN(c1ccc(OCC(C)(C)C)cc1)C1CCN(C[C@@H](N)CC(C)C)CC1. The maximum atomic E-state index is 6.37. The topological polar surface area (TPSA) is 41.7 Å². The van der Waals surface area contributed by atoms with Gasteiger partial charge in [-0.1, -0.05) is 48.5 Å². The van der Waals surface area contributed by atoms with Crippen molar-refractivity contribution in [2.24, 2.45) is 23.0 Å². The van der Waals surface area contributed by atoms with Gasteiger partial charge in [-0.3, -0.25) is 0 Å². The Bertz CT molecular complexity index is 612. The van der Waals surface area contributed by atoms with Crippen molar-refractivity contribution >= 4 is 5.69 Å². The number of hydrogen-bond acceptors (Lipinski definition) is 4. The van der Waals surface area contributed by atoms with Gasteiger partial charge in [-0.25, -0.2) is 0 Å².